The number of esters is 1. The van der Waals surface area contributed by atoms with Gasteiger partial charge in [0.1, 0.15) is 30.5 Å². The lowest BCUT2D eigenvalue weighted by Crippen LogP contribution is -2.39. The molecule has 2 atom stereocenters. The normalized spacial score (nSPS) is 15.2. The number of hydrogen-bond acceptors (Lipinski definition) is 8. The molecule has 0 aliphatic carbocycles. The van der Waals surface area contributed by atoms with Gasteiger partial charge in [-0.05, 0) is 85.4 Å². The van der Waals surface area contributed by atoms with Gasteiger partial charge in [-0.1, -0.05) is 61.6 Å². The van der Waals surface area contributed by atoms with E-state index in [1.54, 1.807) is 25.5 Å². The zero-order valence-electron chi connectivity index (χ0n) is 26.2. The molecular formula is C36H38N2O6S. The van der Waals surface area contributed by atoms with Crippen molar-refractivity contribution >= 4 is 23.4 Å². The molecule has 0 unspecified atom stereocenters. The summed E-state index contributed by atoms with van der Waals surface area (Å²) in [5.74, 6) is 2.24. The van der Waals surface area contributed by atoms with Crippen LogP contribution in [0.25, 0.3) is 6.08 Å². The van der Waals surface area contributed by atoms with Gasteiger partial charge < -0.3 is 18.9 Å². The second-order valence-corrected chi connectivity index (χ2v) is 11.7. The Balaban J connectivity index is 1.32. The quantitative estimate of drug-likeness (QED) is 0.146. The second-order valence-electron chi connectivity index (χ2n) is 10.7. The molecular weight excluding hydrogens is 588 g/mol. The molecule has 0 saturated heterocycles. The molecule has 0 fully saturated rings. The van der Waals surface area contributed by atoms with E-state index < -0.39 is 12.0 Å². The molecule has 1 aromatic heterocycles. The van der Waals surface area contributed by atoms with Crippen LogP contribution in [0.2, 0.25) is 0 Å². The first-order valence-corrected chi connectivity index (χ1v) is 15.9. The van der Waals surface area contributed by atoms with Gasteiger partial charge in [-0.25, -0.2) is 9.79 Å². The number of fused-ring (bicyclic) bond motifs is 1. The largest absolute Gasteiger partial charge is 0.497 e. The van der Waals surface area contributed by atoms with Gasteiger partial charge in [0.05, 0.1) is 35.6 Å². The van der Waals surface area contributed by atoms with Crippen molar-refractivity contribution in [3.63, 3.8) is 0 Å². The number of rotatable bonds is 12. The molecule has 8 nitrogen and oxygen atoms in total. The van der Waals surface area contributed by atoms with E-state index in [1.165, 1.54) is 16.9 Å². The number of nitrogens with zero attached hydrogens (tertiary/aromatic N) is 2. The van der Waals surface area contributed by atoms with Crippen molar-refractivity contribution in [1.29, 1.82) is 0 Å². The predicted molar refractivity (Wildman–Crippen MR) is 176 cm³/mol. The highest BCUT2D eigenvalue weighted by molar-refractivity contribution is 7.07. The van der Waals surface area contributed by atoms with E-state index in [9.17, 15) is 9.59 Å². The summed E-state index contributed by atoms with van der Waals surface area (Å²) in [5.41, 5.74) is 3.54. The SMILES string of the molecule is CCOC(=O)C1=C(C)N=c2s/c(=C/c3ccc(OCCOc4ccc([C@@H](C)CC)cc4)cc3)c(=O)n2[C@@H]1c1ccc(OC)cc1. The minimum Gasteiger partial charge on any atom is -0.497 e. The number of carbonyl (C=O) groups excluding carboxylic acids is 1. The summed E-state index contributed by atoms with van der Waals surface area (Å²) in [6, 6.07) is 22.4. The highest BCUT2D eigenvalue weighted by Gasteiger charge is 2.33. The summed E-state index contributed by atoms with van der Waals surface area (Å²) in [6.45, 7) is 8.97. The Morgan fingerprint density at radius 2 is 1.53 bits per heavy atom. The first kappa shape index (κ1) is 31.8. The van der Waals surface area contributed by atoms with Crippen LogP contribution in [0.4, 0.5) is 0 Å². The monoisotopic (exact) mass is 626 g/mol. The van der Waals surface area contributed by atoms with Crippen LogP contribution in [0.3, 0.4) is 0 Å². The first-order chi connectivity index (χ1) is 21.8. The molecule has 0 N–H and O–H groups in total. The topological polar surface area (TPSA) is 88.4 Å². The van der Waals surface area contributed by atoms with Crippen molar-refractivity contribution in [3.8, 4) is 17.2 Å². The Kier molecular flexibility index (Phi) is 10.2. The van der Waals surface area contributed by atoms with Crippen LogP contribution in [0.15, 0.2) is 93.9 Å². The molecule has 0 spiro atoms. The van der Waals surface area contributed by atoms with Crippen LogP contribution >= 0.6 is 11.3 Å². The van der Waals surface area contributed by atoms with Crippen LogP contribution in [0, 0.1) is 0 Å². The number of benzene rings is 3. The van der Waals surface area contributed by atoms with E-state index in [0.29, 0.717) is 51.2 Å². The summed E-state index contributed by atoms with van der Waals surface area (Å²) < 4.78 is 24.5. The lowest BCUT2D eigenvalue weighted by molar-refractivity contribution is -0.139. The maximum atomic E-state index is 13.8. The highest BCUT2D eigenvalue weighted by atomic mass is 32.1. The van der Waals surface area contributed by atoms with Crippen LogP contribution in [-0.4, -0.2) is 37.5 Å². The van der Waals surface area contributed by atoms with Gasteiger partial charge >= 0.3 is 5.97 Å². The zero-order chi connectivity index (χ0) is 31.9. The average Bonchev–Trinajstić information content (AvgIpc) is 3.36. The van der Waals surface area contributed by atoms with Crippen LogP contribution in [0.5, 0.6) is 17.2 Å². The summed E-state index contributed by atoms with van der Waals surface area (Å²) in [6.07, 6.45) is 2.93. The van der Waals surface area contributed by atoms with Gasteiger partial charge in [0.25, 0.3) is 5.56 Å². The van der Waals surface area contributed by atoms with Crippen molar-refractivity contribution in [2.45, 2.75) is 46.1 Å². The fourth-order valence-electron chi connectivity index (χ4n) is 5.15. The Bertz CT molecular complexity index is 1840. The van der Waals surface area contributed by atoms with Crippen molar-refractivity contribution in [2.24, 2.45) is 4.99 Å². The third kappa shape index (κ3) is 7.20. The summed E-state index contributed by atoms with van der Waals surface area (Å²) in [4.78, 5) is 32.1. The van der Waals surface area contributed by atoms with Crippen LogP contribution < -0.4 is 29.1 Å². The number of ether oxygens (including phenoxy) is 4. The van der Waals surface area contributed by atoms with Crippen molar-refractivity contribution < 1.29 is 23.7 Å². The minimum atomic E-state index is -0.677. The van der Waals surface area contributed by atoms with E-state index in [2.05, 4.69) is 31.0 Å². The maximum absolute atomic E-state index is 13.8. The number of thiazole rings is 1. The molecule has 0 saturated carbocycles. The predicted octanol–water partition coefficient (Wildman–Crippen LogP) is 5.78. The van der Waals surface area contributed by atoms with E-state index in [0.717, 1.165) is 23.3 Å². The zero-order valence-corrected chi connectivity index (χ0v) is 27.1. The molecule has 5 rings (SSSR count). The Hall–Kier alpha value is -4.63. The van der Waals surface area contributed by atoms with Crippen LogP contribution in [-0.2, 0) is 9.53 Å². The number of aromatic nitrogens is 1. The van der Waals surface area contributed by atoms with Gasteiger partial charge in [-0.3, -0.25) is 9.36 Å². The summed E-state index contributed by atoms with van der Waals surface area (Å²) in [7, 11) is 1.59. The Labute approximate surface area is 266 Å². The highest BCUT2D eigenvalue weighted by Crippen LogP contribution is 2.31. The lowest BCUT2D eigenvalue weighted by Gasteiger charge is -2.24. The second kappa shape index (κ2) is 14.4. The average molecular weight is 627 g/mol. The number of allylic oxidation sites excluding steroid dienone is 1. The van der Waals surface area contributed by atoms with Crippen LogP contribution in [0.1, 0.15) is 62.8 Å². The van der Waals surface area contributed by atoms with E-state index in [-0.39, 0.29) is 12.2 Å². The molecule has 2 heterocycles. The molecule has 1 aliphatic rings. The molecule has 4 aromatic rings. The van der Waals surface area contributed by atoms with Gasteiger partial charge in [-0.2, -0.15) is 0 Å². The Morgan fingerprint density at radius 3 is 2.11 bits per heavy atom. The molecule has 1 aliphatic heterocycles. The van der Waals surface area contributed by atoms with Gasteiger partial charge in [0.2, 0.25) is 0 Å². The van der Waals surface area contributed by atoms with Crippen molar-refractivity contribution in [2.75, 3.05) is 26.9 Å². The number of hydrogen-bond donors (Lipinski definition) is 0. The molecule has 0 radical (unpaired) electrons. The first-order valence-electron chi connectivity index (χ1n) is 15.1. The maximum Gasteiger partial charge on any atom is 0.338 e. The molecule has 45 heavy (non-hydrogen) atoms. The standard InChI is InChI=1S/C36H38N2O6S/c1-6-23(3)26-10-18-30(19-11-26)44-21-20-43-29-14-8-25(9-15-29)22-31-34(39)38-33(27-12-16-28(41-5)17-13-27)32(35(40)42-7-2)24(4)37-36(38)45-31/h8-19,22-23,33H,6-7,20-21H2,1-5H3/b31-22+/t23-,33+/m0/s1. The Morgan fingerprint density at radius 1 is 0.933 bits per heavy atom. The van der Waals surface area contributed by atoms with E-state index in [4.69, 9.17) is 18.9 Å². The van der Waals surface area contributed by atoms with Gasteiger partial charge in [0.15, 0.2) is 4.80 Å². The third-order valence-corrected chi connectivity index (χ3v) is 8.79. The van der Waals surface area contributed by atoms with E-state index in [1.807, 2.05) is 66.7 Å². The smallest absolute Gasteiger partial charge is 0.338 e. The molecule has 0 bridgehead atoms. The fraction of sp³-hybridized carbons (Fsp3) is 0.306. The minimum absolute atomic E-state index is 0.217. The fourth-order valence-corrected chi connectivity index (χ4v) is 6.20. The van der Waals surface area contributed by atoms with Gasteiger partial charge in [-0.15, -0.1) is 0 Å². The number of methoxy groups -OCH3 is 1. The van der Waals surface area contributed by atoms with Crippen molar-refractivity contribution in [3.05, 3.63) is 120 Å². The molecule has 0 amide bonds. The molecule has 9 heteroatoms. The summed E-state index contributed by atoms with van der Waals surface area (Å²) in [5, 5.41) is 0. The lowest BCUT2D eigenvalue weighted by atomic mass is 9.96. The molecule has 3 aromatic carbocycles. The molecule has 234 valence electrons. The van der Waals surface area contributed by atoms with Crippen molar-refractivity contribution in [1.82, 2.24) is 4.57 Å². The summed E-state index contributed by atoms with van der Waals surface area (Å²) >= 11 is 1.29. The number of carbonyl (C=O) groups is 1. The van der Waals surface area contributed by atoms with E-state index >= 15 is 0 Å². The van der Waals surface area contributed by atoms with Gasteiger partial charge in [0, 0.05) is 0 Å². The third-order valence-electron chi connectivity index (χ3n) is 7.81.